The highest BCUT2D eigenvalue weighted by molar-refractivity contribution is 5.94. The summed E-state index contributed by atoms with van der Waals surface area (Å²) in [4.78, 5) is 11.9. The minimum Gasteiger partial charge on any atom is -0.508 e. The summed E-state index contributed by atoms with van der Waals surface area (Å²) in [5.41, 5.74) is 9.95. The quantitative estimate of drug-likeness (QED) is 0.508. The van der Waals surface area contributed by atoms with E-state index in [1.54, 1.807) is 18.3 Å². The van der Waals surface area contributed by atoms with Gasteiger partial charge in [-0.25, -0.2) is 15.2 Å². The maximum absolute atomic E-state index is 13.0. The minimum absolute atomic E-state index is 0.00980. The third kappa shape index (κ3) is 3.76. The molecule has 2 unspecified atom stereocenters. The fourth-order valence-corrected chi connectivity index (χ4v) is 2.52. The Balaban J connectivity index is 1.62. The van der Waals surface area contributed by atoms with Crippen LogP contribution in [0.1, 0.15) is 22.0 Å². The van der Waals surface area contributed by atoms with Crippen molar-refractivity contribution in [1.82, 2.24) is 16.3 Å². The van der Waals surface area contributed by atoms with E-state index >= 15 is 0 Å². The van der Waals surface area contributed by atoms with E-state index in [4.69, 9.17) is 0 Å². The molecule has 4 N–H and O–H groups in total. The normalized spacial score (nSPS) is 20.4. The number of hydrazone groups is 1. The molecule has 0 bridgehead atoms. The van der Waals surface area contributed by atoms with Crippen molar-refractivity contribution in [1.29, 1.82) is 0 Å². The van der Waals surface area contributed by atoms with Crippen molar-refractivity contribution >= 4 is 12.1 Å². The van der Waals surface area contributed by atoms with E-state index in [0.29, 0.717) is 12.1 Å². The Bertz CT molecular complexity index is 731. The first-order chi connectivity index (χ1) is 11.6. The van der Waals surface area contributed by atoms with Crippen molar-refractivity contribution in [3.63, 3.8) is 0 Å². The molecule has 0 aliphatic carbocycles. The third-order valence-corrected chi connectivity index (χ3v) is 3.81. The number of aromatic hydroxyl groups is 1. The number of carbonyl (C=O) groups excluding carboxylic acids is 1. The maximum atomic E-state index is 13.0. The number of carbonyl (C=O) groups is 1. The van der Waals surface area contributed by atoms with Gasteiger partial charge in [0.05, 0.1) is 6.04 Å². The number of phenolic OH excluding ortho intramolecular Hbond substituents is 1. The van der Waals surface area contributed by atoms with Crippen molar-refractivity contribution < 1.29 is 14.3 Å². The van der Waals surface area contributed by atoms with Crippen LogP contribution in [0.2, 0.25) is 0 Å². The molecule has 1 saturated heterocycles. The molecule has 24 heavy (non-hydrogen) atoms. The van der Waals surface area contributed by atoms with Crippen LogP contribution in [0.3, 0.4) is 0 Å². The number of halogens is 1. The fourth-order valence-electron chi connectivity index (χ4n) is 2.52. The first-order valence-electron chi connectivity index (χ1n) is 7.50. The van der Waals surface area contributed by atoms with Crippen LogP contribution in [0.5, 0.6) is 5.75 Å². The van der Waals surface area contributed by atoms with Crippen molar-refractivity contribution in [2.45, 2.75) is 6.04 Å². The Hall–Kier alpha value is -2.77. The van der Waals surface area contributed by atoms with E-state index < -0.39 is 0 Å². The summed E-state index contributed by atoms with van der Waals surface area (Å²) in [6, 6.07) is 12.1. The number of nitrogens with one attached hydrogen (secondary N) is 3. The lowest BCUT2D eigenvalue weighted by molar-refractivity contribution is 0.0955. The van der Waals surface area contributed by atoms with Gasteiger partial charge in [-0.2, -0.15) is 5.10 Å². The highest BCUT2D eigenvalue weighted by Gasteiger charge is 2.26. The van der Waals surface area contributed by atoms with Gasteiger partial charge in [0, 0.05) is 24.2 Å². The van der Waals surface area contributed by atoms with Gasteiger partial charge in [-0.3, -0.25) is 10.2 Å². The Morgan fingerprint density at radius 3 is 2.62 bits per heavy atom. The Labute approximate surface area is 138 Å². The van der Waals surface area contributed by atoms with Gasteiger partial charge in [0.25, 0.3) is 5.91 Å². The van der Waals surface area contributed by atoms with Gasteiger partial charge in [-0.1, -0.05) is 12.1 Å². The average Bonchev–Trinajstić information content (AvgIpc) is 3.04. The van der Waals surface area contributed by atoms with Crippen molar-refractivity contribution in [3.8, 4) is 5.75 Å². The second kappa shape index (κ2) is 7.20. The molecule has 0 aromatic heterocycles. The predicted octanol–water partition coefficient (Wildman–Crippen LogP) is 1.71. The molecule has 1 aliphatic heterocycles. The Morgan fingerprint density at radius 1 is 1.21 bits per heavy atom. The molecule has 0 spiro atoms. The number of hydrogen-bond acceptors (Lipinski definition) is 5. The number of benzene rings is 2. The topological polar surface area (TPSA) is 85.8 Å². The van der Waals surface area contributed by atoms with Gasteiger partial charge in [0.2, 0.25) is 0 Å². The van der Waals surface area contributed by atoms with Crippen LogP contribution in [-0.2, 0) is 0 Å². The molecule has 1 fully saturated rings. The van der Waals surface area contributed by atoms with Crippen LogP contribution in [0.4, 0.5) is 4.39 Å². The second-order valence-corrected chi connectivity index (χ2v) is 5.48. The van der Waals surface area contributed by atoms with Gasteiger partial charge < -0.3 is 5.11 Å². The van der Waals surface area contributed by atoms with E-state index in [1.807, 2.05) is 0 Å². The maximum Gasteiger partial charge on any atom is 0.271 e. The third-order valence-electron chi connectivity index (χ3n) is 3.81. The van der Waals surface area contributed by atoms with Gasteiger partial charge >= 0.3 is 0 Å². The SMILES string of the molecule is O=C(N/N=C/C1CNNC1c1ccc(F)cc1)c1ccc(O)cc1. The lowest BCUT2D eigenvalue weighted by atomic mass is 9.96. The molecule has 1 heterocycles. The minimum atomic E-state index is -0.358. The van der Waals surface area contributed by atoms with Crippen molar-refractivity contribution in [2.24, 2.45) is 11.0 Å². The zero-order valence-corrected chi connectivity index (χ0v) is 12.7. The highest BCUT2D eigenvalue weighted by Crippen LogP contribution is 2.23. The smallest absolute Gasteiger partial charge is 0.271 e. The molecule has 2 aromatic carbocycles. The molecule has 124 valence electrons. The highest BCUT2D eigenvalue weighted by atomic mass is 19.1. The predicted molar refractivity (Wildman–Crippen MR) is 87.8 cm³/mol. The molecule has 7 heteroatoms. The van der Waals surface area contributed by atoms with E-state index in [2.05, 4.69) is 21.4 Å². The van der Waals surface area contributed by atoms with E-state index in [-0.39, 0.29) is 29.4 Å². The fraction of sp³-hybridized carbons (Fsp3) is 0.176. The standard InChI is InChI=1S/C17H17FN4O2/c18-14-5-1-11(2-6-14)16-13(9-19-21-16)10-20-22-17(24)12-3-7-15(23)8-4-12/h1-8,10,13,16,19,21,23H,9H2,(H,22,24)/b20-10+. The van der Waals surface area contributed by atoms with Gasteiger partial charge in [-0.15, -0.1) is 0 Å². The van der Waals surface area contributed by atoms with Crippen molar-refractivity contribution in [2.75, 3.05) is 6.54 Å². The van der Waals surface area contributed by atoms with E-state index in [0.717, 1.165) is 5.56 Å². The molecule has 0 saturated carbocycles. The first-order valence-corrected chi connectivity index (χ1v) is 7.50. The summed E-state index contributed by atoms with van der Waals surface area (Å²) < 4.78 is 13.0. The lowest BCUT2D eigenvalue weighted by Crippen LogP contribution is -2.25. The van der Waals surface area contributed by atoms with Crippen LogP contribution in [-0.4, -0.2) is 23.8 Å². The molecular weight excluding hydrogens is 311 g/mol. The molecule has 2 atom stereocenters. The van der Waals surface area contributed by atoms with Gasteiger partial charge in [0.1, 0.15) is 11.6 Å². The summed E-state index contributed by atoms with van der Waals surface area (Å²) in [5.74, 6) is -0.532. The Morgan fingerprint density at radius 2 is 1.92 bits per heavy atom. The van der Waals surface area contributed by atoms with Crippen LogP contribution >= 0.6 is 0 Å². The summed E-state index contributed by atoms with van der Waals surface area (Å²) in [5, 5.41) is 13.2. The molecule has 1 amide bonds. The molecule has 0 radical (unpaired) electrons. The Kier molecular flexibility index (Phi) is 4.83. The molecule has 1 aliphatic rings. The second-order valence-electron chi connectivity index (χ2n) is 5.48. The summed E-state index contributed by atoms with van der Waals surface area (Å²) in [6.45, 7) is 0.640. The van der Waals surface area contributed by atoms with Gasteiger partial charge in [-0.05, 0) is 42.0 Å². The molecule has 2 aromatic rings. The van der Waals surface area contributed by atoms with Crippen LogP contribution < -0.4 is 16.3 Å². The van der Waals surface area contributed by atoms with Crippen molar-refractivity contribution in [3.05, 3.63) is 65.5 Å². The number of phenols is 1. The largest absolute Gasteiger partial charge is 0.508 e. The van der Waals surface area contributed by atoms with Crippen LogP contribution in [0, 0.1) is 11.7 Å². The number of nitrogens with zero attached hydrogens (tertiary/aromatic N) is 1. The summed E-state index contributed by atoms with van der Waals surface area (Å²) in [7, 11) is 0. The van der Waals surface area contributed by atoms with Crippen LogP contribution in [0.15, 0.2) is 53.6 Å². The number of hydrogen-bond donors (Lipinski definition) is 4. The molecular formula is C17H17FN4O2. The number of amides is 1. The summed E-state index contributed by atoms with van der Waals surface area (Å²) >= 11 is 0. The lowest BCUT2D eigenvalue weighted by Gasteiger charge is -2.15. The summed E-state index contributed by atoms with van der Waals surface area (Å²) in [6.07, 6.45) is 1.65. The molecule has 3 rings (SSSR count). The van der Waals surface area contributed by atoms with E-state index in [9.17, 15) is 14.3 Å². The van der Waals surface area contributed by atoms with E-state index in [1.165, 1.54) is 36.4 Å². The van der Waals surface area contributed by atoms with Crippen LogP contribution in [0.25, 0.3) is 0 Å². The monoisotopic (exact) mass is 328 g/mol. The zero-order valence-electron chi connectivity index (χ0n) is 12.7. The number of hydrazine groups is 1. The molecule has 6 nitrogen and oxygen atoms in total. The first kappa shape index (κ1) is 16.1. The number of rotatable bonds is 4. The zero-order chi connectivity index (χ0) is 16.9. The average molecular weight is 328 g/mol. The van der Waals surface area contributed by atoms with Gasteiger partial charge in [0.15, 0.2) is 0 Å².